The van der Waals surface area contributed by atoms with E-state index in [4.69, 9.17) is 13.9 Å². The van der Waals surface area contributed by atoms with Crippen molar-refractivity contribution >= 4 is 29.1 Å². The predicted octanol–water partition coefficient (Wildman–Crippen LogP) is 4.28. The molecule has 0 aliphatic carbocycles. The van der Waals surface area contributed by atoms with E-state index in [2.05, 4.69) is 4.99 Å². The maximum Gasteiger partial charge on any atom is 0.338 e. The first kappa shape index (κ1) is 26.8. The Balaban J connectivity index is 1.62. The number of hydrogen-bond acceptors (Lipinski definition) is 9. The minimum Gasteiger partial charge on any atom is -0.497 e. The minimum atomic E-state index is -0.716. The Morgan fingerprint density at radius 1 is 1.18 bits per heavy atom. The van der Waals surface area contributed by atoms with Crippen molar-refractivity contribution in [1.82, 2.24) is 4.57 Å². The fraction of sp³-hybridized carbons (Fsp3) is 0.207. The van der Waals surface area contributed by atoms with Gasteiger partial charge in [-0.05, 0) is 50.6 Å². The minimum absolute atomic E-state index is 0.167. The molecule has 1 atom stereocenters. The van der Waals surface area contributed by atoms with Crippen LogP contribution in [0.5, 0.6) is 5.75 Å². The number of rotatable bonds is 7. The Bertz CT molecular complexity index is 1850. The van der Waals surface area contributed by atoms with E-state index < -0.39 is 16.9 Å². The number of carbonyl (C=O) groups excluding carboxylic acids is 1. The first-order valence-electron chi connectivity index (χ1n) is 12.4. The lowest BCUT2D eigenvalue weighted by molar-refractivity contribution is -0.384. The van der Waals surface area contributed by atoms with Gasteiger partial charge < -0.3 is 13.9 Å². The summed E-state index contributed by atoms with van der Waals surface area (Å²) >= 11 is 1.16. The number of fused-ring (bicyclic) bond motifs is 1. The number of esters is 1. The molecule has 0 amide bonds. The Kier molecular flexibility index (Phi) is 7.22. The number of thiazole rings is 1. The number of aromatic nitrogens is 1. The van der Waals surface area contributed by atoms with Crippen LogP contribution in [0.1, 0.15) is 36.8 Å². The number of methoxy groups -OCH3 is 1. The number of ether oxygens (including phenoxy) is 2. The summed E-state index contributed by atoms with van der Waals surface area (Å²) in [6.07, 6.45) is 1.57. The molecule has 11 heteroatoms. The Morgan fingerprint density at radius 2 is 1.93 bits per heavy atom. The number of aryl methyl sites for hydroxylation is 1. The Morgan fingerprint density at radius 3 is 2.60 bits per heavy atom. The van der Waals surface area contributed by atoms with E-state index in [1.54, 1.807) is 44.2 Å². The van der Waals surface area contributed by atoms with Gasteiger partial charge >= 0.3 is 5.97 Å². The molecule has 0 spiro atoms. The van der Waals surface area contributed by atoms with Gasteiger partial charge in [0.05, 0.1) is 52.1 Å². The van der Waals surface area contributed by atoms with E-state index in [1.165, 1.54) is 17.7 Å². The molecule has 0 saturated carbocycles. The van der Waals surface area contributed by atoms with E-state index in [0.29, 0.717) is 32.1 Å². The second kappa shape index (κ2) is 10.8. The zero-order chi connectivity index (χ0) is 28.6. The lowest BCUT2D eigenvalue weighted by Crippen LogP contribution is -2.39. The molecular formula is C29H25N3O7S. The van der Waals surface area contributed by atoms with Crippen LogP contribution >= 0.6 is 11.3 Å². The van der Waals surface area contributed by atoms with Gasteiger partial charge in [-0.3, -0.25) is 19.5 Å². The average molecular weight is 560 g/mol. The highest BCUT2D eigenvalue weighted by Gasteiger charge is 2.33. The SMILES string of the molecule is CCOC(=O)C1=C(C)N=c2s/c(=C\c3ccc(-c4ccc(OC)cc4[N+](=O)[O-])o3)c(=O)n2[C@@H]1c1ccc(C)cc1. The van der Waals surface area contributed by atoms with Gasteiger partial charge in [0.2, 0.25) is 0 Å². The monoisotopic (exact) mass is 559 g/mol. The summed E-state index contributed by atoms with van der Waals surface area (Å²) in [6, 6.07) is 14.6. The van der Waals surface area contributed by atoms with E-state index in [0.717, 1.165) is 22.5 Å². The summed E-state index contributed by atoms with van der Waals surface area (Å²) < 4.78 is 18.2. The van der Waals surface area contributed by atoms with Crippen LogP contribution in [-0.2, 0) is 9.53 Å². The molecule has 3 heterocycles. The molecule has 2 aromatic carbocycles. The van der Waals surface area contributed by atoms with E-state index in [1.807, 2.05) is 31.2 Å². The van der Waals surface area contributed by atoms with Crippen LogP contribution in [0.2, 0.25) is 0 Å². The van der Waals surface area contributed by atoms with Crippen LogP contribution < -0.4 is 19.6 Å². The van der Waals surface area contributed by atoms with Gasteiger partial charge in [-0.15, -0.1) is 0 Å². The third-order valence-electron chi connectivity index (χ3n) is 6.48. The number of hydrogen-bond donors (Lipinski definition) is 0. The topological polar surface area (TPSA) is 126 Å². The molecule has 10 nitrogen and oxygen atoms in total. The number of benzene rings is 2. The smallest absolute Gasteiger partial charge is 0.338 e. The van der Waals surface area contributed by atoms with Crippen LogP contribution in [0, 0.1) is 17.0 Å². The molecule has 204 valence electrons. The van der Waals surface area contributed by atoms with Crippen molar-refractivity contribution in [2.45, 2.75) is 26.8 Å². The molecular weight excluding hydrogens is 534 g/mol. The van der Waals surface area contributed by atoms with Crippen LogP contribution in [0.15, 0.2) is 80.1 Å². The quantitative estimate of drug-likeness (QED) is 0.188. The highest BCUT2D eigenvalue weighted by Crippen LogP contribution is 2.34. The number of allylic oxidation sites excluding steroid dienone is 1. The summed E-state index contributed by atoms with van der Waals surface area (Å²) in [5.41, 5.74) is 2.33. The zero-order valence-electron chi connectivity index (χ0n) is 22.2. The highest BCUT2D eigenvalue weighted by molar-refractivity contribution is 7.07. The molecule has 0 N–H and O–H groups in total. The number of nitro groups is 1. The fourth-order valence-electron chi connectivity index (χ4n) is 4.56. The Labute approximate surface area is 232 Å². The second-order valence-electron chi connectivity index (χ2n) is 9.06. The van der Waals surface area contributed by atoms with E-state index in [-0.39, 0.29) is 29.2 Å². The van der Waals surface area contributed by atoms with Crippen LogP contribution in [0.4, 0.5) is 5.69 Å². The number of carbonyl (C=O) groups is 1. The molecule has 0 fully saturated rings. The molecule has 1 aliphatic rings. The second-order valence-corrected chi connectivity index (χ2v) is 10.1. The standard InChI is InChI=1S/C29H25N3O7S/c1-5-38-28(34)25-17(3)30-29-31(26(25)18-8-6-16(2)7-9-18)27(33)24(40-29)15-20-11-13-23(39-20)21-12-10-19(37-4)14-22(21)32(35)36/h6-15,26H,5H2,1-4H3/b24-15-/t26-/m1/s1. The molecule has 2 aromatic heterocycles. The van der Waals surface area contributed by atoms with Gasteiger partial charge in [0, 0.05) is 6.08 Å². The number of furan rings is 1. The van der Waals surface area contributed by atoms with Crippen molar-refractivity contribution < 1.29 is 23.6 Å². The molecule has 0 bridgehead atoms. The summed E-state index contributed by atoms with van der Waals surface area (Å²) in [7, 11) is 1.43. The van der Waals surface area contributed by atoms with Crippen molar-refractivity contribution in [1.29, 1.82) is 0 Å². The molecule has 0 unspecified atom stereocenters. The van der Waals surface area contributed by atoms with Gasteiger partial charge in [-0.2, -0.15) is 0 Å². The lowest BCUT2D eigenvalue weighted by atomic mass is 9.95. The first-order chi connectivity index (χ1) is 19.2. The van der Waals surface area contributed by atoms with Gasteiger partial charge in [0.25, 0.3) is 11.2 Å². The van der Waals surface area contributed by atoms with Gasteiger partial charge in [-0.25, -0.2) is 9.79 Å². The molecule has 1 aliphatic heterocycles. The number of nitro benzene ring substituents is 1. The largest absolute Gasteiger partial charge is 0.497 e. The van der Waals surface area contributed by atoms with E-state index in [9.17, 15) is 19.7 Å². The third kappa shape index (κ3) is 4.87. The van der Waals surface area contributed by atoms with Crippen molar-refractivity contribution in [2.24, 2.45) is 4.99 Å². The van der Waals surface area contributed by atoms with Gasteiger partial charge in [0.15, 0.2) is 4.80 Å². The van der Waals surface area contributed by atoms with Crippen molar-refractivity contribution in [2.75, 3.05) is 13.7 Å². The summed E-state index contributed by atoms with van der Waals surface area (Å²) in [6.45, 7) is 5.60. The van der Waals surface area contributed by atoms with Gasteiger partial charge in [0.1, 0.15) is 17.3 Å². The van der Waals surface area contributed by atoms with Crippen molar-refractivity contribution in [3.05, 3.63) is 113 Å². The molecule has 4 aromatic rings. The lowest BCUT2D eigenvalue weighted by Gasteiger charge is -2.24. The summed E-state index contributed by atoms with van der Waals surface area (Å²) in [5, 5.41) is 11.6. The normalized spacial score (nSPS) is 15.0. The Hall–Kier alpha value is -4.77. The average Bonchev–Trinajstić information content (AvgIpc) is 3.52. The summed E-state index contributed by atoms with van der Waals surface area (Å²) in [5.74, 6) is 0.425. The maximum absolute atomic E-state index is 13.8. The predicted molar refractivity (Wildman–Crippen MR) is 149 cm³/mol. The van der Waals surface area contributed by atoms with Crippen LogP contribution in [0.3, 0.4) is 0 Å². The fourth-order valence-corrected chi connectivity index (χ4v) is 5.58. The zero-order valence-corrected chi connectivity index (χ0v) is 23.0. The van der Waals surface area contributed by atoms with Crippen LogP contribution in [0.25, 0.3) is 17.4 Å². The summed E-state index contributed by atoms with van der Waals surface area (Å²) in [4.78, 5) is 42.9. The van der Waals surface area contributed by atoms with Crippen molar-refractivity contribution in [3.8, 4) is 17.1 Å². The van der Waals surface area contributed by atoms with Crippen LogP contribution in [-0.4, -0.2) is 29.2 Å². The number of nitrogens with zero attached hydrogens (tertiary/aromatic N) is 3. The first-order valence-corrected chi connectivity index (χ1v) is 13.2. The molecule has 40 heavy (non-hydrogen) atoms. The maximum atomic E-state index is 13.8. The molecule has 5 rings (SSSR count). The molecule has 0 saturated heterocycles. The third-order valence-corrected chi connectivity index (χ3v) is 7.46. The van der Waals surface area contributed by atoms with E-state index >= 15 is 0 Å². The van der Waals surface area contributed by atoms with Gasteiger partial charge in [-0.1, -0.05) is 41.2 Å². The highest BCUT2D eigenvalue weighted by atomic mass is 32.1. The van der Waals surface area contributed by atoms with Crippen molar-refractivity contribution in [3.63, 3.8) is 0 Å². The molecule has 0 radical (unpaired) electrons.